The largest absolute Gasteiger partial charge is 0.494 e. The minimum atomic E-state index is -0.593. The first-order valence-electron chi connectivity index (χ1n) is 21.3. The van der Waals surface area contributed by atoms with Gasteiger partial charge in [-0.3, -0.25) is 33.7 Å². The standard InChI is InChI=1S/C44H52N14O6/c1-6-57-33(19-27(3)52-57)42(60)49-37-25-29-21-30(40(45)59)23-36(64-16-10-11-54-14-17-63-18-15-54)38(29)55(37)12-8-9-13-56-39-32(22-31(24-35(39)62-5)41-46-26-47-51-41)48-44(56)50-43(61)34-20-28(4)53-58(34)7-2/h8-9,19-24,26H,6-7,10-18,25H2,1-5H3,(H2,45,59)(H,46,47,51)(H,48,50,61)/b9-8+,49-37+. The molecule has 0 spiro atoms. The zero-order valence-corrected chi connectivity index (χ0v) is 36.6. The number of aromatic amines is 2. The lowest BCUT2D eigenvalue weighted by Crippen LogP contribution is -2.37. The number of hydrogen-bond donors (Lipinski definition) is 3. The molecule has 6 aromatic rings. The van der Waals surface area contributed by atoms with Crippen molar-refractivity contribution in [2.24, 2.45) is 15.7 Å². The number of primary amides is 1. The fraction of sp³-hybridized carbons (Fsp3) is 0.386. The maximum Gasteiger partial charge on any atom is 0.298 e. The molecule has 0 saturated carbocycles. The Balaban J connectivity index is 1.16. The predicted octanol–water partition coefficient (Wildman–Crippen LogP) is 3.61. The number of nitrogens with one attached hydrogen (secondary N) is 2. The molecule has 8 rings (SSSR count). The van der Waals surface area contributed by atoms with Crippen molar-refractivity contribution in [3.05, 3.63) is 94.4 Å². The van der Waals surface area contributed by atoms with Gasteiger partial charge < -0.3 is 34.4 Å². The second-order valence-electron chi connectivity index (χ2n) is 15.5. The number of amides is 3. The molecule has 6 heterocycles. The van der Waals surface area contributed by atoms with Gasteiger partial charge in [0.1, 0.15) is 40.6 Å². The molecule has 0 bridgehead atoms. The molecule has 4 N–H and O–H groups in total. The van der Waals surface area contributed by atoms with E-state index in [0.29, 0.717) is 107 Å². The maximum absolute atomic E-state index is 13.9. The van der Waals surface area contributed by atoms with Crippen LogP contribution < -0.4 is 25.7 Å². The van der Waals surface area contributed by atoms with Crippen molar-refractivity contribution in [3.63, 3.8) is 0 Å². The number of morpholine rings is 1. The fourth-order valence-electron chi connectivity index (χ4n) is 8.13. The van der Waals surface area contributed by atoms with Crippen molar-refractivity contribution >= 4 is 40.3 Å². The summed E-state index contributed by atoms with van der Waals surface area (Å²) in [6.45, 7) is 13.3. The first-order chi connectivity index (χ1) is 31.0. The van der Waals surface area contributed by atoms with Gasteiger partial charge in [0.15, 0.2) is 5.82 Å². The number of methoxy groups -OCH3 is 1. The number of aliphatic imine (C=N–C) groups is 1. The van der Waals surface area contributed by atoms with Crippen LogP contribution in [0.2, 0.25) is 0 Å². The lowest BCUT2D eigenvalue weighted by molar-refractivity contribution is 0.0358. The molecule has 2 aliphatic rings. The van der Waals surface area contributed by atoms with Crippen LogP contribution in [0.3, 0.4) is 0 Å². The third-order valence-electron chi connectivity index (χ3n) is 11.1. The van der Waals surface area contributed by atoms with Gasteiger partial charge in [-0.1, -0.05) is 12.2 Å². The number of carbonyl (C=O) groups is 3. The molecule has 0 unspecified atom stereocenters. The van der Waals surface area contributed by atoms with Crippen LogP contribution in [-0.2, 0) is 30.8 Å². The summed E-state index contributed by atoms with van der Waals surface area (Å²) < 4.78 is 23.0. The lowest BCUT2D eigenvalue weighted by Gasteiger charge is -2.26. The van der Waals surface area contributed by atoms with E-state index in [0.717, 1.165) is 31.6 Å². The Labute approximate surface area is 368 Å². The molecule has 0 aliphatic carbocycles. The van der Waals surface area contributed by atoms with E-state index < -0.39 is 17.7 Å². The van der Waals surface area contributed by atoms with E-state index in [1.54, 1.807) is 40.7 Å². The molecular weight excluding hydrogens is 821 g/mol. The number of anilines is 1. The topological polar surface area (TPSA) is 234 Å². The highest BCUT2D eigenvalue weighted by Gasteiger charge is 2.31. The number of H-pyrrole nitrogens is 2. The van der Waals surface area contributed by atoms with Gasteiger partial charge in [-0.2, -0.15) is 25.3 Å². The van der Waals surface area contributed by atoms with Gasteiger partial charge in [-0.05, 0) is 76.1 Å². The van der Waals surface area contributed by atoms with Crippen molar-refractivity contribution < 1.29 is 28.6 Å². The number of amidine groups is 1. The highest BCUT2D eigenvalue weighted by Crippen LogP contribution is 2.40. The van der Waals surface area contributed by atoms with E-state index in [1.807, 2.05) is 61.4 Å². The molecule has 334 valence electrons. The van der Waals surface area contributed by atoms with Gasteiger partial charge in [-0.25, -0.2) is 4.98 Å². The molecule has 2 aliphatic heterocycles. The number of rotatable bonds is 16. The minimum Gasteiger partial charge on any atom is -0.494 e. The van der Waals surface area contributed by atoms with Gasteiger partial charge in [0.2, 0.25) is 11.5 Å². The van der Waals surface area contributed by atoms with Crippen LogP contribution in [0.5, 0.6) is 11.5 Å². The summed E-state index contributed by atoms with van der Waals surface area (Å²) in [5, 5.41) is 15.8. The molecule has 2 aromatic carbocycles. The molecule has 1 fully saturated rings. The van der Waals surface area contributed by atoms with Crippen LogP contribution in [-0.4, -0.2) is 126 Å². The van der Waals surface area contributed by atoms with Crippen LogP contribution in [0.25, 0.3) is 22.4 Å². The van der Waals surface area contributed by atoms with E-state index in [4.69, 9.17) is 19.9 Å². The quantitative estimate of drug-likeness (QED) is 0.0935. The van der Waals surface area contributed by atoms with E-state index in [2.05, 4.69) is 45.2 Å². The molecule has 20 nitrogen and oxygen atoms in total. The van der Waals surface area contributed by atoms with Crippen LogP contribution in [0, 0.1) is 13.8 Å². The number of nitrogens with zero attached hydrogens (tertiary/aromatic N) is 11. The van der Waals surface area contributed by atoms with Crippen molar-refractivity contribution in [2.75, 3.05) is 58.0 Å². The SMILES string of the molecule is CCn1nc(C)cc1C(=O)/N=C1\Cc2cc(C(N)=O)cc(OCCCN3CCOCC3)c2N1C/C=C/Cn1/c(=N/C(=O)c2cc(C)nn2CC)[nH]c2cc(-c3ncn[nH]3)cc(OC)c21. The van der Waals surface area contributed by atoms with Crippen molar-refractivity contribution in [2.45, 2.75) is 60.2 Å². The van der Waals surface area contributed by atoms with E-state index >= 15 is 0 Å². The molecule has 20 heteroatoms. The smallest absolute Gasteiger partial charge is 0.298 e. The first kappa shape index (κ1) is 43.5. The van der Waals surface area contributed by atoms with Crippen LogP contribution in [0.4, 0.5) is 5.69 Å². The summed E-state index contributed by atoms with van der Waals surface area (Å²) >= 11 is 0. The second kappa shape index (κ2) is 19.1. The number of aryl methyl sites for hydroxylation is 4. The van der Waals surface area contributed by atoms with E-state index in [9.17, 15) is 14.4 Å². The fourth-order valence-corrected chi connectivity index (χ4v) is 8.13. The summed E-state index contributed by atoms with van der Waals surface area (Å²) in [7, 11) is 1.57. The van der Waals surface area contributed by atoms with Crippen LogP contribution in [0.15, 0.2) is 64.9 Å². The summed E-state index contributed by atoms with van der Waals surface area (Å²) in [5.41, 5.74) is 12.0. The average Bonchev–Trinajstić information content (AvgIpc) is 4.14. The Bertz CT molecular complexity index is 2820. The zero-order valence-electron chi connectivity index (χ0n) is 36.6. The highest BCUT2D eigenvalue weighted by atomic mass is 16.5. The monoisotopic (exact) mass is 872 g/mol. The van der Waals surface area contributed by atoms with Gasteiger partial charge >= 0.3 is 0 Å². The Kier molecular flexibility index (Phi) is 12.9. The summed E-state index contributed by atoms with van der Waals surface area (Å²) in [6.07, 6.45) is 6.31. The summed E-state index contributed by atoms with van der Waals surface area (Å²) in [6, 6.07) is 10.6. The Morgan fingerprint density at radius 2 is 1.61 bits per heavy atom. The van der Waals surface area contributed by atoms with Crippen LogP contribution >= 0.6 is 0 Å². The number of hydrogen-bond acceptors (Lipinski definition) is 11. The van der Waals surface area contributed by atoms with Gasteiger partial charge in [0.05, 0.1) is 49.5 Å². The first-order valence-corrected chi connectivity index (χ1v) is 21.3. The number of ether oxygens (including phenoxy) is 3. The molecular formula is C44H52N14O6. The minimum absolute atomic E-state index is 0.250. The Morgan fingerprint density at radius 3 is 2.27 bits per heavy atom. The number of fused-ring (bicyclic) bond motifs is 2. The molecule has 1 saturated heterocycles. The van der Waals surface area contributed by atoms with Crippen molar-refractivity contribution in [1.29, 1.82) is 0 Å². The summed E-state index contributed by atoms with van der Waals surface area (Å²) in [5.74, 6) is 0.490. The van der Waals surface area contributed by atoms with Gasteiger partial charge in [0.25, 0.3) is 11.8 Å². The Morgan fingerprint density at radius 1 is 0.906 bits per heavy atom. The number of aromatic nitrogens is 9. The van der Waals surface area contributed by atoms with E-state index in [1.165, 1.54) is 6.33 Å². The average molecular weight is 873 g/mol. The normalized spacial score (nSPS) is 15.2. The number of imidazole rings is 1. The van der Waals surface area contributed by atoms with Crippen LogP contribution in [0.1, 0.15) is 68.6 Å². The second-order valence-corrected chi connectivity index (χ2v) is 15.5. The maximum atomic E-state index is 13.9. The van der Waals surface area contributed by atoms with Crippen molar-refractivity contribution in [3.8, 4) is 22.9 Å². The van der Waals surface area contributed by atoms with E-state index in [-0.39, 0.29) is 25.1 Å². The number of carbonyl (C=O) groups excluding carboxylic acids is 3. The molecule has 64 heavy (non-hydrogen) atoms. The number of benzene rings is 2. The third-order valence-corrected chi connectivity index (χ3v) is 11.1. The summed E-state index contributed by atoms with van der Waals surface area (Å²) in [4.78, 5) is 61.4. The predicted molar refractivity (Wildman–Crippen MR) is 238 cm³/mol. The van der Waals surface area contributed by atoms with Crippen molar-refractivity contribution in [1.82, 2.24) is 49.2 Å². The molecule has 0 radical (unpaired) electrons. The molecule has 3 amide bonds. The third kappa shape index (κ3) is 9.13. The highest BCUT2D eigenvalue weighted by molar-refractivity contribution is 6.13. The zero-order chi connectivity index (χ0) is 44.9. The number of allylic oxidation sites excluding steroid dienone is 1. The Hall–Kier alpha value is -7.19. The van der Waals surface area contributed by atoms with Gasteiger partial charge in [0, 0.05) is 63.4 Å². The van der Waals surface area contributed by atoms with Gasteiger partial charge in [-0.15, -0.1) is 0 Å². The molecule has 0 atom stereocenters. The molecule has 4 aromatic heterocycles. The lowest BCUT2D eigenvalue weighted by atomic mass is 10.1. The number of nitrogens with two attached hydrogens (primary N) is 1.